The summed E-state index contributed by atoms with van der Waals surface area (Å²) in [6.07, 6.45) is 0. The Morgan fingerprint density at radius 1 is 1.15 bits per heavy atom. The number of hydrogen-bond donors (Lipinski definition) is 1. The molecule has 0 unspecified atom stereocenters. The lowest BCUT2D eigenvalue weighted by atomic mass is 10.0. The van der Waals surface area contributed by atoms with Crippen LogP contribution in [0.25, 0.3) is 0 Å². The normalized spacial score (nSPS) is 10.5. The summed E-state index contributed by atoms with van der Waals surface area (Å²) in [5.74, 6) is 0.792. The summed E-state index contributed by atoms with van der Waals surface area (Å²) in [5.41, 5.74) is 2.22. The SMILES string of the molecule is CC(C)c1cc(O)cc(N(C)C)c1. The highest BCUT2D eigenvalue weighted by molar-refractivity contribution is 5.52. The van der Waals surface area contributed by atoms with Crippen molar-refractivity contribution < 1.29 is 5.11 Å². The Labute approximate surface area is 79.8 Å². The molecule has 0 aliphatic carbocycles. The maximum absolute atomic E-state index is 9.46. The van der Waals surface area contributed by atoms with Gasteiger partial charge < -0.3 is 10.0 Å². The van der Waals surface area contributed by atoms with Gasteiger partial charge in [0.15, 0.2) is 0 Å². The van der Waals surface area contributed by atoms with E-state index < -0.39 is 0 Å². The molecule has 1 aromatic carbocycles. The average molecular weight is 179 g/mol. The molecule has 1 aromatic rings. The smallest absolute Gasteiger partial charge is 0.117 e. The van der Waals surface area contributed by atoms with Crippen LogP contribution in [-0.4, -0.2) is 19.2 Å². The second kappa shape index (κ2) is 3.69. The van der Waals surface area contributed by atoms with Crippen LogP contribution in [0.1, 0.15) is 25.3 Å². The molecule has 0 fully saturated rings. The summed E-state index contributed by atoms with van der Waals surface area (Å²) < 4.78 is 0. The largest absolute Gasteiger partial charge is 0.508 e. The van der Waals surface area contributed by atoms with Crippen molar-refractivity contribution in [3.8, 4) is 5.75 Å². The number of hydrogen-bond acceptors (Lipinski definition) is 2. The number of phenolic OH excluding ortho intramolecular Hbond substituents is 1. The third-order valence-corrected chi connectivity index (χ3v) is 2.11. The minimum absolute atomic E-state index is 0.343. The van der Waals surface area contributed by atoms with E-state index in [0.717, 1.165) is 5.69 Å². The van der Waals surface area contributed by atoms with Crippen LogP contribution in [0.15, 0.2) is 18.2 Å². The lowest BCUT2D eigenvalue weighted by Crippen LogP contribution is -2.08. The van der Waals surface area contributed by atoms with E-state index in [0.29, 0.717) is 11.7 Å². The fourth-order valence-electron chi connectivity index (χ4n) is 1.21. The lowest BCUT2D eigenvalue weighted by Gasteiger charge is -2.15. The second-order valence-electron chi connectivity index (χ2n) is 3.83. The maximum atomic E-state index is 9.46. The number of aromatic hydroxyl groups is 1. The first-order valence-electron chi connectivity index (χ1n) is 4.52. The Balaban J connectivity index is 3.11. The number of nitrogens with zero attached hydrogens (tertiary/aromatic N) is 1. The van der Waals surface area contributed by atoms with Crippen molar-refractivity contribution >= 4 is 5.69 Å². The van der Waals surface area contributed by atoms with Crippen LogP contribution in [-0.2, 0) is 0 Å². The van der Waals surface area contributed by atoms with Gasteiger partial charge in [-0.2, -0.15) is 0 Å². The lowest BCUT2D eigenvalue weighted by molar-refractivity contribution is 0.474. The number of rotatable bonds is 2. The first-order chi connectivity index (χ1) is 6.00. The molecule has 2 nitrogen and oxygen atoms in total. The molecule has 1 N–H and O–H groups in total. The minimum atomic E-state index is 0.343. The Hall–Kier alpha value is -1.18. The van der Waals surface area contributed by atoms with Crippen LogP contribution in [0.5, 0.6) is 5.75 Å². The molecule has 72 valence electrons. The summed E-state index contributed by atoms with van der Waals surface area (Å²) in [5, 5.41) is 9.46. The standard InChI is InChI=1S/C11H17NO/c1-8(2)9-5-10(12(3)4)7-11(13)6-9/h5-8,13H,1-4H3. The van der Waals surface area contributed by atoms with E-state index in [1.54, 1.807) is 6.07 Å². The third kappa shape index (κ3) is 2.38. The van der Waals surface area contributed by atoms with Crippen LogP contribution in [0, 0.1) is 0 Å². The van der Waals surface area contributed by atoms with E-state index >= 15 is 0 Å². The van der Waals surface area contributed by atoms with Gasteiger partial charge in [0.25, 0.3) is 0 Å². The maximum Gasteiger partial charge on any atom is 0.117 e. The van der Waals surface area contributed by atoms with E-state index in [4.69, 9.17) is 0 Å². The van der Waals surface area contributed by atoms with Crippen LogP contribution >= 0.6 is 0 Å². The van der Waals surface area contributed by atoms with E-state index in [1.165, 1.54) is 5.56 Å². The molecule has 0 aliphatic rings. The molecule has 0 aliphatic heterocycles. The predicted molar refractivity (Wildman–Crippen MR) is 56.5 cm³/mol. The van der Waals surface area contributed by atoms with Gasteiger partial charge in [-0.15, -0.1) is 0 Å². The van der Waals surface area contributed by atoms with Gasteiger partial charge in [0, 0.05) is 25.8 Å². The van der Waals surface area contributed by atoms with Crippen LogP contribution in [0.4, 0.5) is 5.69 Å². The van der Waals surface area contributed by atoms with Gasteiger partial charge in [0.1, 0.15) is 5.75 Å². The van der Waals surface area contributed by atoms with Crippen LogP contribution in [0.2, 0.25) is 0 Å². The second-order valence-corrected chi connectivity index (χ2v) is 3.83. The predicted octanol–water partition coefficient (Wildman–Crippen LogP) is 2.58. The van der Waals surface area contributed by atoms with E-state index in [9.17, 15) is 5.11 Å². The molecule has 0 atom stereocenters. The number of benzene rings is 1. The summed E-state index contributed by atoms with van der Waals surface area (Å²) in [6.45, 7) is 4.24. The van der Waals surface area contributed by atoms with Crippen molar-refractivity contribution in [2.75, 3.05) is 19.0 Å². The Kier molecular flexibility index (Phi) is 2.81. The fraction of sp³-hybridized carbons (Fsp3) is 0.455. The van der Waals surface area contributed by atoms with Crippen LogP contribution in [0.3, 0.4) is 0 Å². The highest BCUT2D eigenvalue weighted by Crippen LogP contribution is 2.26. The van der Waals surface area contributed by atoms with Gasteiger partial charge in [-0.1, -0.05) is 13.8 Å². The van der Waals surface area contributed by atoms with E-state index in [-0.39, 0.29) is 0 Å². The quantitative estimate of drug-likeness (QED) is 0.754. The Bertz CT molecular complexity index is 266. The summed E-state index contributed by atoms with van der Waals surface area (Å²) in [4.78, 5) is 1.99. The molecule has 13 heavy (non-hydrogen) atoms. The summed E-state index contributed by atoms with van der Waals surface area (Å²) in [7, 11) is 3.94. The van der Waals surface area contributed by atoms with Crippen molar-refractivity contribution in [3.05, 3.63) is 23.8 Å². The molecule has 0 bridgehead atoms. The first kappa shape index (κ1) is 9.90. The molecule has 0 saturated carbocycles. The molecule has 0 aromatic heterocycles. The zero-order chi connectivity index (χ0) is 10.0. The molecular weight excluding hydrogens is 162 g/mol. The molecule has 2 heteroatoms. The third-order valence-electron chi connectivity index (χ3n) is 2.11. The molecule has 0 saturated heterocycles. The molecule has 0 amide bonds. The zero-order valence-electron chi connectivity index (χ0n) is 8.70. The molecule has 0 radical (unpaired) electrons. The van der Waals surface area contributed by atoms with Gasteiger partial charge in [0.05, 0.1) is 0 Å². The van der Waals surface area contributed by atoms with Crippen molar-refractivity contribution in [2.45, 2.75) is 19.8 Å². The van der Waals surface area contributed by atoms with Gasteiger partial charge in [-0.05, 0) is 23.6 Å². The average Bonchev–Trinajstić information content (AvgIpc) is 2.03. The van der Waals surface area contributed by atoms with Gasteiger partial charge >= 0.3 is 0 Å². The molecule has 0 spiro atoms. The van der Waals surface area contributed by atoms with E-state index in [1.807, 2.05) is 25.1 Å². The number of anilines is 1. The van der Waals surface area contributed by atoms with Gasteiger partial charge in [-0.3, -0.25) is 0 Å². The van der Waals surface area contributed by atoms with Crippen molar-refractivity contribution in [1.82, 2.24) is 0 Å². The summed E-state index contributed by atoms with van der Waals surface area (Å²) >= 11 is 0. The highest BCUT2D eigenvalue weighted by atomic mass is 16.3. The van der Waals surface area contributed by atoms with E-state index in [2.05, 4.69) is 19.9 Å². The Morgan fingerprint density at radius 2 is 1.77 bits per heavy atom. The number of phenols is 1. The molecule has 0 heterocycles. The van der Waals surface area contributed by atoms with Crippen molar-refractivity contribution in [3.63, 3.8) is 0 Å². The summed E-state index contributed by atoms with van der Waals surface area (Å²) in [6, 6.07) is 5.69. The molecular formula is C11H17NO. The zero-order valence-corrected chi connectivity index (χ0v) is 8.70. The monoisotopic (exact) mass is 179 g/mol. The Morgan fingerprint density at radius 3 is 2.23 bits per heavy atom. The van der Waals surface area contributed by atoms with Crippen molar-refractivity contribution in [1.29, 1.82) is 0 Å². The van der Waals surface area contributed by atoms with Crippen molar-refractivity contribution in [2.24, 2.45) is 0 Å². The van der Waals surface area contributed by atoms with Gasteiger partial charge in [-0.25, -0.2) is 0 Å². The minimum Gasteiger partial charge on any atom is -0.508 e. The highest BCUT2D eigenvalue weighted by Gasteiger charge is 2.04. The fourth-order valence-corrected chi connectivity index (χ4v) is 1.21. The first-order valence-corrected chi connectivity index (χ1v) is 4.52. The topological polar surface area (TPSA) is 23.5 Å². The molecule has 1 rings (SSSR count). The van der Waals surface area contributed by atoms with Crippen LogP contribution < -0.4 is 4.90 Å². The van der Waals surface area contributed by atoms with Gasteiger partial charge in [0.2, 0.25) is 0 Å².